The van der Waals surface area contributed by atoms with Crippen LogP contribution in [0.15, 0.2) is 0 Å². The van der Waals surface area contributed by atoms with Gasteiger partial charge in [0.1, 0.15) is 12.1 Å². The third-order valence-electron chi connectivity index (χ3n) is 2.51. The smallest absolute Gasteiger partial charge is 0.326 e. The van der Waals surface area contributed by atoms with Gasteiger partial charge in [0.2, 0.25) is 5.91 Å². The van der Waals surface area contributed by atoms with E-state index in [2.05, 4.69) is 10.1 Å². The van der Waals surface area contributed by atoms with Gasteiger partial charge < -0.3 is 19.9 Å². The summed E-state index contributed by atoms with van der Waals surface area (Å²) in [4.78, 5) is 33.8. The van der Waals surface area contributed by atoms with Crippen LogP contribution in [0, 0.1) is 0 Å². The lowest BCUT2D eigenvalue weighted by Crippen LogP contribution is -2.46. The third kappa shape index (κ3) is 4.33. The van der Waals surface area contributed by atoms with Crippen molar-refractivity contribution in [2.45, 2.75) is 38.3 Å². The number of amides is 1. The largest absolute Gasteiger partial charge is 0.480 e. The fourth-order valence-electron chi connectivity index (χ4n) is 1.64. The number of carbonyl (C=O) groups is 3. The molecule has 1 aliphatic heterocycles. The van der Waals surface area contributed by atoms with Crippen molar-refractivity contribution in [3.8, 4) is 0 Å². The predicted molar refractivity (Wildman–Crippen MR) is 59.8 cm³/mol. The molecule has 1 saturated heterocycles. The Morgan fingerprint density at radius 2 is 2.22 bits per heavy atom. The molecule has 2 atom stereocenters. The van der Waals surface area contributed by atoms with Crippen LogP contribution in [0.25, 0.3) is 0 Å². The number of carbonyl (C=O) groups excluding carboxylic acids is 2. The lowest BCUT2D eigenvalue weighted by atomic mass is 10.1. The van der Waals surface area contributed by atoms with Gasteiger partial charge >= 0.3 is 11.9 Å². The quantitative estimate of drug-likeness (QED) is 0.634. The van der Waals surface area contributed by atoms with Crippen molar-refractivity contribution in [2.24, 2.45) is 0 Å². The monoisotopic (exact) mass is 259 g/mol. The first kappa shape index (κ1) is 14.4. The van der Waals surface area contributed by atoms with E-state index in [-0.39, 0.29) is 13.0 Å². The molecule has 1 fully saturated rings. The van der Waals surface area contributed by atoms with Crippen LogP contribution in [0.1, 0.15) is 26.2 Å². The minimum atomic E-state index is -1.28. The summed E-state index contributed by atoms with van der Waals surface area (Å²) in [6, 6.07) is -1.28. The van der Waals surface area contributed by atoms with Crippen LogP contribution < -0.4 is 5.32 Å². The zero-order valence-corrected chi connectivity index (χ0v) is 10.2. The standard InChI is InChI=1S/C11H17NO6/c1-2-17-9(13)6-7(11(15)16)12-10(14)8-4-3-5-18-8/h7-8H,2-6H2,1H3,(H,12,14)(H,15,16)/t7-,8+/m1/s1. The van der Waals surface area contributed by atoms with Crippen LogP contribution in [0.3, 0.4) is 0 Å². The maximum absolute atomic E-state index is 11.6. The first-order valence-electron chi connectivity index (χ1n) is 5.85. The zero-order chi connectivity index (χ0) is 13.5. The van der Waals surface area contributed by atoms with E-state index in [1.165, 1.54) is 0 Å². The highest BCUT2D eigenvalue weighted by molar-refractivity contribution is 5.89. The van der Waals surface area contributed by atoms with Gasteiger partial charge in [-0.1, -0.05) is 0 Å². The molecule has 1 aliphatic rings. The number of ether oxygens (including phenoxy) is 2. The first-order chi connectivity index (χ1) is 8.54. The summed E-state index contributed by atoms with van der Waals surface area (Å²) in [5.41, 5.74) is 0. The molecule has 1 rings (SSSR count). The molecule has 0 aromatic carbocycles. The Kier molecular flexibility index (Phi) is 5.57. The second kappa shape index (κ2) is 6.95. The van der Waals surface area contributed by atoms with Gasteiger partial charge in [-0.25, -0.2) is 4.79 Å². The topological polar surface area (TPSA) is 102 Å². The average Bonchev–Trinajstić information content (AvgIpc) is 2.81. The van der Waals surface area contributed by atoms with Crippen LogP contribution in [0.5, 0.6) is 0 Å². The Labute approximate surface area is 104 Å². The fraction of sp³-hybridized carbons (Fsp3) is 0.727. The van der Waals surface area contributed by atoms with Gasteiger partial charge in [-0.15, -0.1) is 0 Å². The van der Waals surface area contributed by atoms with Crippen molar-refractivity contribution in [2.75, 3.05) is 13.2 Å². The van der Waals surface area contributed by atoms with Crippen LogP contribution >= 0.6 is 0 Å². The maximum Gasteiger partial charge on any atom is 0.326 e. The molecule has 0 aromatic heterocycles. The number of hydrogen-bond donors (Lipinski definition) is 2. The molecule has 0 aromatic rings. The van der Waals surface area contributed by atoms with Gasteiger partial charge in [-0.05, 0) is 19.8 Å². The molecule has 0 spiro atoms. The summed E-state index contributed by atoms with van der Waals surface area (Å²) >= 11 is 0. The van der Waals surface area contributed by atoms with Crippen molar-refractivity contribution in [3.05, 3.63) is 0 Å². The summed E-state index contributed by atoms with van der Waals surface area (Å²) in [6.45, 7) is 2.29. The Balaban J connectivity index is 2.49. The van der Waals surface area contributed by atoms with Crippen LogP contribution in [0.4, 0.5) is 0 Å². The maximum atomic E-state index is 11.6. The van der Waals surface area contributed by atoms with Gasteiger partial charge in [-0.2, -0.15) is 0 Å². The highest BCUT2D eigenvalue weighted by Gasteiger charge is 2.29. The van der Waals surface area contributed by atoms with E-state index in [0.29, 0.717) is 13.0 Å². The lowest BCUT2D eigenvalue weighted by molar-refractivity contribution is -0.150. The summed E-state index contributed by atoms with van der Waals surface area (Å²) in [6.07, 6.45) is 0.335. The van der Waals surface area contributed by atoms with Crippen molar-refractivity contribution in [1.29, 1.82) is 0 Å². The number of hydrogen-bond acceptors (Lipinski definition) is 5. The molecule has 7 heteroatoms. The van der Waals surface area contributed by atoms with Gasteiger partial charge in [-0.3, -0.25) is 9.59 Å². The Bertz CT molecular complexity index is 323. The van der Waals surface area contributed by atoms with E-state index < -0.39 is 30.0 Å². The second-order valence-electron chi connectivity index (χ2n) is 3.91. The first-order valence-corrected chi connectivity index (χ1v) is 5.85. The molecule has 0 aliphatic carbocycles. The van der Waals surface area contributed by atoms with Crippen molar-refractivity contribution >= 4 is 17.8 Å². The van der Waals surface area contributed by atoms with Crippen molar-refractivity contribution in [1.82, 2.24) is 5.32 Å². The summed E-state index contributed by atoms with van der Waals surface area (Å²) in [7, 11) is 0. The summed E-state index contributed by atoms with van der Waals surface area (Å²) in [5.74, 6) is -2.42. The molecule has 0 saturated carbocycles. The molecule has 0 unspecified atom stereocenters. The number of rotatable bonds is 6. The molecule has 7 nitrogen and oxygen atoms in total. The average molecular weight is 259 g/mol. The number of nitrogens with one attached hydrogen (secondary N) is 1. The van der Waals surface area contributed by atoms with Crippen LogP contribution in [0.2, 0.25) is 0 Å². The van der Waals surface area contributed by atoms with E-state index in [0.717, 1.165) is 6.42 Å². The molecular formula is C11H17NO6. The number of carboxylic acid groups (broad SMARTS) is 1. The molecule has 0 bridgehead atoms. The van der Waals surface area contributed by atoms with Crippen molar-refractivity contribution < 1.29 is 29.0 Å². The van der Waals surface area contributed by atoms with E-state index in [4.69, 9.17) is 9.84 Å². The molecule has 102 valence electrons. The van der Waals surface area contributed by atoms with E-state index in [1.54, 1.807) is 6.92 Å². The summed E-state index contributed by atoms with van der Waals surface area (Å²) in [5, 5.41) is 11.2. The SMILES string of the molecule is CCOC(=O)C[C@@H](NC(=O)[C@@H]1CCCO1)C(=O)O. The minimum Gasteiger partial charge on any atom is -0.480 e. The Hall–Kier alpha value is -1.63. The number of aliphatic carboxylic acids is 1. The van der Waals surface area contributed by atoms with Gasteiger partial charge in [0.15, 0.2) is 0 Å². The molecule has 0 radical (unpaired) electrons. The van der Waals surface area contributed by atoms with Crippen LogP contribution in [-0.2, 0) is 23.9 Å². The fourth-order valence-corrected chi connectivity index (χ4v) is 1.64. The Morgan fingerprint density at radius 1 is 1.50 bits per heavy atom. The van der Waals surface area contributed by atoms with Gasteiger partial charge in [0, 0.05) is 6.61 Å². The summed E-state index contributed by atoms with van der Waals surface area (Å²) < 4.78 is 9.77. The molecule has 2 N–H and O–H groups in total. The van der Waals surface area contributed by atoms with E-state index >= 15 is 0 Å². The molecule has 18 heavy (non-hydrogen) atoms. The zero-order valence-electron chi connectivity index (χ0n) is 10.2. The Morgan fingerprint density at radius 3 is 2.72 bits per heavy atom. The molecular weight excluding hydrogens is 242 g/mol. The van der Waals surface area contributed by atoms with Gasteiger partial charge in [0.25, 0.3) is 0 Å². The number of carboxylic acids is 1. The lowest BCUT2D eigenvalue weighted by Gasteiger charge is -2.16. The van der Waals surface area contributed by atoms with Crippen LogP contribution in [-0.4, -0.2) is 48.3 Å². The number of esters is 1. The van der Waals surface area contributed by atoms with E-state index in [9.17, 15) is 14.4 Å². The second-order valence-corrected chi connectivity index (χ2v) is 3.91. The van der Waals surface area contributed by atoms with Gasteiger partial charge in [0.05, 0.1) is 13.0 Å². The van der Waals surface area contributed by atoms with E-state index in [1.807, 2.05) is 0 Å². The molecule has 1 heterocycles. The highest BCUT2D eigenvalue weighted by Crippen LogP contribution is 2.12. The predicted octanol–water partition coefficient (Wildman–Crippen LogP) is -0.312. The minimum absolute atomic E-state index is 0.171. The molecule has 1 amide bonds. The highest BCUT2D eigenvalue weighted by atomic mass is 16.5. The van der Waals surface area contributed by atoms with Crippen molar-refractivity contribution in [3.63, 3.8) is 0 Å². The third-order valence-corrected chi connectivity index (χ3v) is 2.51. The normalized spacial score (nSPS) is 20.2.